The van der Waals surface area contributed by atoms with E-state index >= 15 is 0 Å². The lowest BCUT2D eigenvalue weighted by Gasteiger charge is -2.20. The first-order valence-corrected chi connectivity index (χ1v) is 16.6. The van der Waals surface area contributed by atoms with Crippen LogP contribution in [0, 0.1) is 6.92 Å². The second kappa shape index (κ2) is 18.4. The fraction of sp³-hybridized carbons (Fsp3) is 0.171. The van der Waals surface area contributed by atoms with E-state index < -0.39 is 36.3 Å². The van der Waals surface area contributed by atoms with Crippen LogP contribution >= 0.6 is 0 Å². The van der Waals surface area contributed by atoms with Crippen LogP contribution in [-0.4, -0.2) is 62.8 Å². The van der Waals surface area contributed by atoms with Gasteiger partial charge in [-0.05, 0) is 70.4 Å². The fourth-order valence-electron chi connectivity index (χ4n) is 5.02. The van der Waals surface area contributed by atoms with Gasteiger partial charge in [0.2, 0.25) is 0 Å². The predicted octanol–water partition coefficient (Wildman–Crippen LogP) is 7.75. The van der Waals surface area contributed by atoms with Crippen molar-refractivity contribution in [1.82, 2.24) is 0 Å². The van der Waals surface area contributed by atoms with Crippen molar-refractivity contribution in [2.75, 3.05) is 37.1 Å². The summed E-state index contributed by atoms with van der Waals surface area (Å²) in [5, 5.41) is 9.26. The number of anilines is 2. The Bertz CT molecular complexity index is 2110. The van der Waals surface area contributed by atoms with E-state index in [2.05, 4.69) is 23.8 Å². The number of hydrogen-bond donors (Lipinski definition) is 2. The van der Waals surface area contributed by atoms with Crippen molar-refractivity contribution < 1.29 is 47.6 Å². The van der Waals surface area contributed by atoms with E-state index in [0.29, 0.717) is 22.7 Å². The maximum atomic E-state index is 13.0. The summed E-state index contributed by atoms with van der Waals surface area (Å²) in [5.41, 5.74) is 1.26. The zero-order valence-corrected chi connectivity index (χ0v) is 28.9. The topological polar surface area (TPSA) is 148 Å². The van der Waals surface area contributed by atoms with E-state index in [1.54, 1.807) is 31.2 Å². The van der Waals surface area contributed by atoms with Gasteiger partial charge in [0.05, 0.1) is 0 Å². The van der Waals surface area contributed by atoms with Gasteiger partial charge in [0.15, 0.2) is 12.2 Å². The first-order valence-electron chi connectivity index (χ1n) is 16.6. The van der Waals surface area contributed by atoms with E-state index in [0.717, 1.165) is 33.7 Å². The van der Waals surface area contributed by atoms with Gasteiger partial charge in [0.25, 0.3) is 0 Å². The van der Waals surface area contributed by atoms with E-state index in [-0.39, 0.29) is 32.1 Å². The molecule has 0 saturated heterocycles. The summed E-state index contributed by atoms with van der Waals surface area (Å²) in [5.74, 6) is -0.300. The van der Waals surface area contributed by atoms with Crippen LogP contribution in [0.2, 0.25) is 0 Å². The highest BCUT2D eigenvalue weighted by molar-refractivity contribution is 5.90. The molecule has 0 heterocycles. The van der Waals surface area contributed by atoms with Crippen LogP contribution in [0.3, 0.4) is 0 Å². The lowest BCUT2D eigenvalue weighted by molar-refractivity contribution is -0.141. The number of carbonyl (C=O) groups excluding carboxylic acids is 4. The summed E-state index contributed by atoms with van der Waals surface area (Å²) in [6.45, 7) is 7.72. The first-order chi connectivity index (χ1) is 25.7. The van der Waals surface area contributed by atoms with E-state index in [1.165, 1.54) is 6.07 Å². The summed E-state index contributed by atoms with van der Waals surface area (Å²) in [6, 6.07) is 31.4. The summed E-state index contributed by atoms with van der Waals surface area (Å²) >= 11 is 0. The van der Waals surface area contributed by atoms with Gasteiger partial charge in [0.1, 0.15) is 37.9 Å². The van der Waals surface area contributed by atoms with Crippen LogP contribution in [-0.2, 0) is 28.5 Å². The van der Waals surface area contributed by atoms with Crippen molar-refractivity contribution in [1.29, 1.82) is 0 Å². The van der Waals surface area contributed by atoms with Gasteiger partial charge < -0.3 is 28.4 Å². The van der Waals surface area contributed by atoms with Crippen molar-refractivity contribution in [2.24, 2.45) is 0 Å². The van der Waals surface area contributed by atoms with Gasteiger partial charge in [-0.3, -0.25) is 10.6 Å². The first kappa shape index (κ1) is 37.4. The zero-order chi connectivity index (χ0) is 37.6. The zero-order valence-electron chi connectivity index (χ0n) is 28.9. The normalized spacial score (nSPS) is 11.7. The van der Waals surface area contributed by atoms with E-state index in [4.69, 9.17) is 28.4 Å². The quantitative estimate of drug-likeness (QED) is 0.0590. The number of rotatable bonds is 16. The molecule has 0 bridgehead atoms. The number of nitrogens with one attached hydrogen (secondary N) is 2. The summed E-state index contributed by atoms with van der Waals surface area (Å²) in [4.78, 5) is 49.5. The molecule has 5 aromatic rings. The van der Waals surface area contributed by atoms with Crippen molar-refractivity contribution in [3.05, 3.63) is 134 Å². The monoisotopic (exact) mass is 718 g/mol. The summed E-state index contributed by atoms with van der Waals surface area (Å²) < 4.78 is 33.1. The predicted molar refractivity (Wildman–Crippen MR) is 200 cm³/mol. The second-order valence-electron chi connectivity index (χ2n) is 11.6. The van der Waals surface area contributed by atoms with Crippen molar-refractivity contribution in [3.8, 4) is 11.5 Å². The molecule has 0 spiro atoms. The number of fused-ring (bicyclic) bond motifs is 2. The third kappa shape index (κ3) is 11.3. The molecule has 0 fully saturated rings. The molecule has 2 N–H and O–H groups in total. The minimum Gasteiger partial charge on any atom is -0.490 e. The number of amides is 2. The molecule has 53 heavy (non-hydrogen) atoms. The molecule has 12 heteroatoms. The van der Waals surface area contributed by atoms with Gasteiger partial charge in [-0.2, -0.15) is 0 Å². The van der Waals surface area contributed by atoms with Crippen molar-refractivity contribution in [3.63, 3.8) is 0 Å². The van der Waals surface area contributed by atoms with Crippen LogP contribution in [0.15, 0.2) is 128 Å². The van der Waals surface area contributed by atoms with E-state index in [9.17, 15) is 19.2 Å². The highest BCUT2D eigenvalue weighted by atomic mass is 16.6. The van der Waals surface area contributed by atoms with Gasteiger partial charge in [-0.25, -0.2) is 19.2 Å². The minimum absolute atomic E-state index is 0.115. The average Bonchev–Trinajstić information content (AvgIpc) is 3.17. The number of carbonyl (C=O) groups is 4. The maximum absolute atomic E-state index is 13.0. The Morgan fingerprint density at radius 1 is 0.585 bits per heavy atom. The molecule has 5 aromatic carbocycles. The molecule has 0 saturated carbocycles. The average molecular weight is 719 g/mol. The van der Waals surface area contributed by atoms with Crippen LogP contribution < -0.4 is 20.1 Å². The molecular weight excluding hydrogens is 680 g/mol. The Morgan fingerprint density at radius 2 is 1.06 bits per heavy atom. The standard InChI is InChI=1S/C41H38N2O10/c1-4-38(44)50-25-35(23-48-33-18-15-28-10-6-8-12-30(28)20-33)52-40(46)42-32-17-14-27(3)37(22-32)43-41(47)53-36(26-51-39(45)5-2)24-49-34-19-16-29-11-7-9-13-31(29)21-34/h4-22,35-36H,1-2,23-26H2,3H3,(H,42,46)(H,43,47). The number of esters is 2. The molecule has 0 aliphatic heterocycles. The Labute approximate surface area is 305 Å². The van der Waals surface area contributed by atoms with Crippen LogP contribution in [0.4, 0.5) is 21.0 Å². The van der Waals surface area contributed by atoms with Gasteiger partial charge in [0, 0.05) is 23.5 Å². The highest BCUT2D eigenvalue weighted by Gasteiger charge is 2.21. The third-order valence-corrected chi connectivity index (χ3v) is 7.74. The number of hydrogen-bond acceptors (Lipinski definition) is 10. The third-order valence-electron chi connectivity index (χ3n) is 7.74. The number of ether oxygens (including phenoxy) is 6. The lowest BCUT2D eigenvalue weighted by Crippen LogP contribution is -2.33. The van der Waals surface area contributed by atoms with Crippen LogP contribution in [0.1, 0.15) is 5.56 Å². The molecule has 5 rings (SSSR count). The Balaban J connectivity index is 1.19. The molecule has 272 valence electrons. The number of aryl methyl sites for hydroxylation is 1. The van der Waals surface area contributed by atoms with Crippen LogP contribution in [0.5, 0.6) is 11.5 Å². The van der Waals surface area contributed by atoms with Gasteiger partial charge in [-0.15, -0.1) is 0 Å². The molecule has 2 unspecified atom stereocenters. The highest BCUT2D eigenvalue weighted by Crippen LogP contribution is 2.24. The Hall–Kier alpha value is -6.82. The van der Waals surface area contributed by atoms with Crippen LogP contribution in [0.25, 0.3) is 21.5 Å². The van der Waals surface area contributed by atoms with Crippen molar-refractivity contribution >= 4 is 57.0 Å². The smallest absolute Gasteiger partial charge is 0.412 e. The molecule has 2 amide bonds. The SMILES string of the molecule is C=CC(=O)OCC(COc1ccc2ccccc2c1)OC(=O)Nc1ccc(C)c(NC(=O)OC(COC(=O)C=C)COc2ccc3ccccc3c2)c1. The molecule has 0 aliphatic carbocycles. The summed E-state index contributed by atoms with van der Waals surface area (Å²) in [6.07, 6.45) is -1.68. The minimum atomic E-state index is -0.981. The molecule has 12 nitrogen and oxygen atoms in total. The summed E-state index contributed by atoms with van der Waals surface area (Å²) in [7, 11) is 0. The van der Waals surface area contributed by atoms with Gasteiger partial charge in [-0.1, -0.05) is 79.9 Å². The fourth-order valence-corrected chi connectivity index (χ4v) is 5.02. The molecule has 0 radical (unpaired) electrons. The second-order valence-corrected chi connectivity index (χ2v) is 11.6. The van der Waals surface area contributed by atoms with Gasteiger partial charge >= 0.3 is 24.1 Å². The van der Waals surface area contributed by atoms with Crippen molar-refractivity contribution in [2.45, 2.75) is 19.1 Å². The maximum Gasteiger partial charge on any atom is 0.412 e. The lowest BCUT2D eigenvalue weighted by atomic mass is 10.1. The number of benzene rings is 5. The largest absolute Gasteiger partial charge is 0.490 e. The Kier molecular flexibility index (Phi) is 13.0. The molecule has 0 aromatic heterocycles. The molecule has 2 atom stereocenters. The van der Waals surface area contributed by atoms with E-state index in [1.807, 2.05) is 72.8 Å². The molecule has 0 aliphatic rings. The molecular formula is C41H38N2O10. The Morgan fingerprint density at radius 3 is 1.55 bits per heavy atom.